The predicted molar refractivity (Wildman–Crippen MR) is 63.1 cm³/mol. The quantitative estimate of drug-likeness (QED) is 0.659. The molecule has 0 radical (unpaired) electrons. The number of pyridine rings is 2. The maximum atomic E-state index is 11.6. The Hall–Kier alpha value is -1.64. The summed E-state index contributed by atoms with van der Waals surface area (Å²) in [5.74, 6) is 0. The third kappa shape index (κ3) is 2.06. The van der Waals surface area contributed by atoms with Crippen LogP contribution in [0.5, 0.6) is 0 Å². The van der Waals surface area contributed by atoms with Crippen molar-refractivity contribution in [3.05, 3.63) is 40.6 Å². The van der Waals surface area contributed by atoms with Gasteiger partial charge in [-0.2, -0.15) is 0 Å². The number of aromatic nitrogens is 2. The number of aryl methyl sites for hydroxylation is 2. The molecule has 0 aromatic carbocycles. The Kier molecular flexibility index (Phi) is 3.61. The zero-order valence-corrected chi connectivity index (χ0v) is 9.61. The standard InChI is InChI=1S/C10H10N2O.C2H6/c1-7-6-12(2)10(13)8-3-4-11-5-9(7)8;1-2/h3-6H,1-2H3;1-2H3. The fourth-order valence-electron chi connectivity index (χ4n) is 1.50. The van der Waals surface area contributed by atoms with E-state index in [-0.39, 0.29) is 5.56 Å². The minimum Gasteiger partial charge on any atom is -0.318 e. The first kappa shape index (κ1) is 11.4. The van der Waals surface area contributed by atoms with E-state index in [0.717, 1.165) is 16.3 Å². The van der Waals surface area contributed by atoms with Crippen LogP contribution in [0.15, 0.2) is 29.5 Å². The second kappa shape index (κ2) is 4.73. The van der Waals surface area contributed by atoms with Crippen LogP contribution in [-0.4, -0.2) is 9.55 Å². The molecule has 15 heavy (non-hydrogen) atoms. The van der Waals surface area contributed by atoms with Gasteiger partial charge < -0.3 is 4.57 Å². The van der Waals surface area contributed by atoms with Gasteiger partial charge in [0, 0.05) is 31.0 Å². The second-order valence-electron chi connectivity index (χ2n) is 3.15. The molecule has 0 amide bonds. The van der Waals surface area contributed by atoms with E-state index in [1.54, 1.807) is 30.1 Å². The molecule has 2 heterocycles. The van der Waals surface area contributed by atoms with Gasteiger partial charge in [-0.15, -0.1) is 0 Å². The van der Waals surface area contributed by atoms with Crippen LogP contribution in [0, 0.1) is 6.92 Å². The Bertz CT molecular complexity index is 515. The van der Waals surface area contributed by atoms with Crippen molar-refractivity contribution in [3.8, 4) is 0 Å². The molecule has 0 aliphatic heterocycles. The van der Waals surface area contributed by atoms with Crippen LogP contribution in [0.3, 0.4) is 0 Å². The van der Waals surface area contributed by atoms with Crippen molar-refractivity contribution < 1.29 is 0 Å². The van der Waals surface area contributed by atoms with Crippen molar-refractivity contribution in [2.75, 3.05) is 0 Å². The van der Waals surface area contributed by atoms with Crippen LogP contribution in [0.4, 0.5) is 0 Å². The second-order valence-corrected chi connectivity index (χ2v) is 3.15. The maximum absolute atomic E-state index is 11.6. The fourth-order valence-corrected chi connectivity index (χ4v) is 1.50. The zero-order valence-electron chi connectivity index (χ0n) is 9.61. The van der Waals surface area contributed by atoms with Gasteiger partial charge in [0.15, 0.2) is 0 Å². The van der Waals surface area contributed by atoms with E-state index < -0.39 is 0 Å². The van der Waals surface area contributed by atoms with E-state index in [9.17, 15) is 4.79 Å². The van der Waals surface area contributed by atoms with Crippen LogP contribution in [-0.2, 0) is 7.05 Å². The lowest BCUT2D eigenvalue weighted by molar-refractivity contribution is 0.865. The molecule has 2 aromatic heterocycles. The Morgan fingerprint density at radius 3 is 2.60 bits per heavy atom. The summed E-state index contributed by atoms with van der Waals surface area (Å²) in [5, 5.41) is 1.67. The molecule has 0 bridgehead atoms. The molecule has 0 unspecified atom stereocenters. The summed E-state index contributed by atoms with van der Waals surface area (Å²) in [6.45, 7) is 5.98. The van der Waals surface area contributed by atoms with Gasteiger partial charge in [-0.3, -0.25) is 9.78 Å². The number of hydrogen-bond donors (Lipinski definition) is 0. The number of fused-ring (bicyclic) bond motifs is 1. The zero-order chi connectivity index (χ0) is 11.4. The molecule has 2 rings (SSSR count). The highest BCUT2D eigenvalue weighted by atomic mass is 16.1. The van der Waals surface area contributed by atoms with Gasteiger partial charge in [0.25, 0.3) is 5.56 Å². The molecule has 0 saturated carbocycles. The fraction of sp³-hybridized carbons (Fsp3) is 0.333. The molecule has 0 aliphatic carbocycles. The molecule has 3 heteroatoms. The van der Waals surface area contributed by atoms with Crippen molar-refractivity contribution in [2.45, 2.75) is 20.8 Å². The van der Waals surface area contributed by atoms with Gasteiger partial charge in [0.2, 0.25) is 0 Å². The first-order valence-electron chi connectivity index (χ1n) is 5.10. The third-order valence-electron chi connectivity index (χ3n) is 2.18. The van der Waals surface area contributed by atoms with Crippen LogP contribution in [0.1, 0.15) is 19.4 Å². The van der Waals surface area contributed by atoms with E-state index in [1.165, 1.54) is 0 Å². The SMILES string of the molecule is CC.Cc1cn(C)c(=O)c2ccncc12. The van der Waals surface area contributed by atoms with Gasteiger partial charge in [0.05, 0.1) is 5.39 Å². The molecule has 0 spiro atoms. The van der Waals surface area contributed by atoms with Crippen LogP contribution < -0.4 is 5.56 Å². The largest absolute Gasteiger partial charge is 0.318 e. The van der Waals surface area contributed by atoms with Crippen LogP contribution >= 0.6 is 0 Å². The molecule has 2 aromatic rings. The van der Waals surface area contributed by atoms with Gasteiger partial charge in [-0.05, 0) is 18.6 Å². The monoisotopic (exact) mass is 204 g/mol. The lowest BCUT2D eigenvalue weighted by atomic mass is 10.1. The van der Waals surface area contributed by atoms with E-state index in [4.69, 9.17) is 0 Å². The number of nitrogens with zero attached hydrogens (tertiary/aromatic N) is 2. The molecule has 0 aliphatic rings. The first-order valence-corrected chi connectivity index (χ1v) is 5.10. The van der Waals surface area contributed by atoms with Gasteiger partial charge in [-0.25, -0.2) is 0 Å². The summed E-state index contributed by atoms with van der Waals surface area (Å²) in [7, 11) is 1.76. The minimum absolute atomic E-state index is 0.0306. The summed E-state index contributed by atoms with van der Waals surface area (Å²) in [4.78, 5) is 15.6. The molecular weight excluding hydrogens is 188 g/mol. The van der Waals surface area contributed by atoms with Gasteiger partial charge >= 0.3 is 0 Å². The molecule has 80 valence electrons. The number of hydrogen-bond acceptors (Lipinski definition) is 2. The van der Waals surface area contributed by atoms with E-state index in [0.29, 0.717) is 0 Å². The summed E-state index contributed by atoms with van der Waals surface area (Å²) >= 11 is 0. The highest BCUT2D eigenvalue weighted by Gasteiger charge is 2.02. The Morgan fingerprint density at radius 2 is 1.93 bits per heavy atom. The van der Waals surface area contributed by atoms with Crippen molar-refractivity contribution in [3.63, 3.8) is 0 Å². The van der Waals surface area contributed by atoms with Gasteiger partial charge in [-0.1, -0.05) is 13.8 Å². The highest BCUT2D eigenvalue weighted by molar-refractivity contribution is 5.83. The van der Waals surface area contributed by atoms with Crippen molar-refractivity contribution in [2.24, 2.45) is 7.05 Å². The van der Waals surface area contributed by atoms with Crippen molar-refractivity contribution in [1.29, 1.82) is 0 Å². The Balaban J connectivity index is 0.000000531. The van der Waals surface area contributed by atoms with E-state index >= 15 is 0 Å². The lowest BCUT2D eigenvalue weighted by Crippen LogP contribution is -2.16. The summed E-state index contributed by atoms with van der Waals surface area (Å²) in [6, 6.07) is 1.75. The highest BCUT2D eigenvalue weighted by Crippen LogP contribution is 2.11. The lowest BCUT2D eigenvalue weighted by Gasteiger charge is -2.03. The number of rotatable bonds is 0. The summed E-state index contributed by atoms with van der Waals surface area (Å²) in [5.41, 5.74) is 1.10. The summed E-state index contributed by atoms with van der Waals surface area (Å²) in [6.07, 6.45) is 5.20. The van der Waals surface area contributed by atoms with Crippen LogP contribution in [0.25, 0.3) is 10.8 Å². The smallest absolute Gasteiger partial charge is 0.258 e. The van der Waals surface area contributed by atoms with Gasteiger partial charge in [0.1, 0.15) is 0 Å². The molecule has 0 N–H and O–H groups in total. The van der Waals surface area contributed by atoms with Crippen molar-refractivity contribution >= 4 is 10.8 Å². The Morgan fingerprint density at radius 1 is 1.27 bits per heavy atom. The van der Waals surface area contributed by atoms with Crippen molar-refractivity contribution in [1.82, 2.24) is 9.55 Å². The topological polar surface area (TPSA) is 34.9 Å². The Labute approximate surface area is 89.4 Å². The molecule has 0 fully saturated rings. The normalized spacial score (nSPS) is 9.60. The first-order chi connectivity index (χ1) is 7.20. The molecule has 0 saturated heterocycles. The average molecular weight is 204 g/mol. The maximum Gasteiger partial charge on any atom is 0.258 e. The molecular formula is C12H16N2O. The average Bonchev–Trinajstić information content (AvgIpc) is 2.29. The third-order valence-corrected chi connectivity index (χ3v) is 2.18. The minimum atomic E-state index is 0.0306. The van der Waals surface area contributed by atoms with Crippen LogP contribution in [0.2, 0.25) is 0 Å². The summed E-state index contributed by atoms with van der Waals surface area (Å²) < 4.78 is 1.59. The predicted octanol–water partition coefficient (Wildman–Crippen LogP) is 2.27. The molecule has 0 atom stereocenters. The van der Waals surface area contributed by atoms with E-state index in [1.807, 2.05) is 27.0 Å². The van der Waals surface area contributed by atoms with E-state index in [2.05, 4.69) is 4.98 Å². The molecule has 3 nitrogen and oxygen atoms in total.